The lowest BCUT2D eigenvalue weighted by atomic mass is 9.89. The molecule has 0 saturated heterocycles. The van der Waals surface area contributed by atoms with Crippen LogP contribution in [0.1, 0.15) is 43.7 Å². The van der Waals surface area contributed by atoms with Gasteiger partial charge in [0.25, 0.3) is 0 Å². The summed E-state index contributed by atoms with van der Waals surface area (Å²) in [6, 6.07) is 18.7. The fourth-order valence-corrected chi connectivity index (χ4v) is 3.50. The fourth-order valence-electron chi connectivity index (χ4n) is 3.50. The molecule has 0 aliphatic rings. The molecule has 0 bridgehead atoms. The van der Waals surface area contributed by atoms with Gasteiger partial charge in [0.15, 0.2) is 0 Å². The second-order valence-electron chi connectivity index (χ2n) is 7.10. The third-order valence-corrected chi connectivity index (χ3v) is 4.88. The fraction of sp³-hybridized carbons (Fsp3) is 0.208. The Bertz CT molecular complexity index is 943. The molecule has 3 rings (SSSR count). The standard InChI is InChI=1S/C24H24O2/c1-15-5-8-19(9-6-15)13-20-10-7-16(2)22(14-20)23-17(3)11-21(24(25)26)12-18(23)4/h5-12,14H,13H2,1-4H3,(H,25,26). The largest absolute Gasteiger partial charge is 0.478 e. The van der Waals surface area contributed by atoms with Gasteiger partial charge in [0, 0.05) is 0 Å². The van der Waals surface area contributed by atoms with Crippen LogP contribution in [0.3, 0.4) is 0 Å². The number of aromatic carboxylic acids is 1. The Balaban J connectivity index is 2.03. The summed E-state index contributed by atoms with van der Waals surface area (Å²) in [6.45, 7) is 8.18. The molecule has 0 radical (unpaired) electrons. The summed E-state index contributed by atoms with van der Waals surface area (Å²) in [6.07, 6.45) is 0.888. The number of carboxylic acids is 1. The summed E-state index contributed by atoms with van der Waals surface area (Å²) in [5.74, 6) is -0.882. The molecule has 0 fully saturated rings. The molecular weight excluding hydrogens is 320 g/mol. The number of carboxylic acid groups (broad SMARTS) is 1. The maximum absolute atomic E-state index is 11.3. The van der Waals surface area contributed by atoms with Gasteiger partial charge in [-0.3, -0.25) is 0 Å². The molecule has 0 amide bonds. The van der Waals surface area contributed by atoms with Crippen molar-refractivity contribution in [3.8, 4) is 11.1 Å². The van der Waals surface area contributed by atoms with E-state index in [1.807, 2.05) is 13.8 Å². The van der Waals surface area contributed by atoms with Gasteiger partial charge in [0.2, 0.25) is 0 Å². The van der Waals surface area contributed by atoms with Crippen LogP contribution < -0.4 is 0 Å². The maximum atomic E-state index is 11.3. The molecule has 3 aromatic rings. The molecule has 3 aromatic carbocycles. The number of hydrogen-bond donors (Lipinski definition) is 1. The van der Waals surface area contributed by atoms with Crippen molar-refractivity contribution in [1.29, 1.82) is 0 Å². The summed E-state index contributed by atoms with van der Waals surface area (Å²) in [4.78, 5) is 11.3. The van der Waals surface area contributed by atoms with Crippen molar-refractivity contribution in [2.45, 2.75) is 34.1 Å². The van der Waals surface area contributed by atoms with Crippen LogP contribution in [0.25, 0.3) is 11.1 Å². The van der Waals surface area contributed by atoms with Crippen molar-refractivity contribution in [3.63, 3.8) is 0 Å². The van der Waals surface area contributed by atoms with Crippen molar-refractivity contribution >= 4 is 5.97 Å². The molecule has 0 aliphatic carbocycles. The predicted molar refractivity (Wildman–Crippen MR) is 107 cm³/mol. The molecule has 0 atom stereocenters. The first-order valence-corrected chi connectivity index (χ1v) is 8.85. The zero-order chi connectivity index (χ0) is 18.8. The van der Waals surface area contributed by atoms with Crippen LogP contribution in [0.2, 0.25) is 0 Å². The van der Waals surface area contributed by atoms with Crippen LogP contribution >= 0.6 is 0 Å². The summed E-state index contributed by atoms with van der Waals surface area (Å²) in [7, 11) is 0. The van der Waals surface area contributed by atoms with E-state index in [-0.39, 0.29) is 0 Å². The predicted octanol–water partition coefficient (Wildman–Crippen LogP) is 5.88. The van der Waals surface area contributed by atoms with Gasteiger partial charge in [0.05, 0.1) is 5.56 Å². The Morgan fingerprint density at radius 3 is 1.92 bits per heavy atom. The van der Waals surface area contributed by atoms with Crippen molar-refractivity contribution in [2.75, 3.05) is 0 Å². The topological polar surface area (TPSA) is 37.3 Å². The molecule has 26 heavy (non-hydrogen) atoms. The zero-order valence-electron chi connectivity index (χ0n) is 15.8. The summed E-state index contributed by atoms with van der Waals surface area (Å²) < 4.78 is 0. The number of aryl methyl sites for hydroxylation is 4. The molecule has 132 valence electrons. The highest BCUT2D eigenvalue weighted by Crippen LogP contribution is 2.32. The summed E-state index contributed by atoms with van der Waals surface area (Å²) in [5, 5.41) is 9.28. The molecule has 2 heteroatoms. The molecule has 0 spiro atoms. The van der Waals surface area contributed by atoms with E-state index in [4.69, 9.17) is 0 Å². The highest BCUT2D eigenvalue weighted by atomic mass is 16.4. The molecule has 0 aliphatic heterocycles. The zero-order valence-corrected chi connectivity index (χ0v) is 15.8. The van der Waals surface area contributed by atoms with Gasteiger partial charge >= 0.3 is 5.97 Å². The normalized spacial score (nSPS) is 10.8. The molecule has 0 saturated carbocycles. The van der Waals surface area contributed by atoms with Gasteiger partial charge < -0.3 is 5.11 Å². The van der Waals surface area contributed by atoms with E-state index in [2.05, 4.69) is 56.3 Å². The van der Waals surface area contributed by atoms with Gasteiger partial charge in [-0.05, 0) is 85.2 Å². The highest BCUT2D eigenvalue weighted by molar-refractivity contribution is 5.90. The average molecular weight is 344 g/mol. The monoisotopic (exact) mass is 344 g/mol. The third-order valence-electron chi connectivity index (χ3n) is 4.88. The molecule has 2 nitrogen and oxygen atoms in total. The Kier molecular flexibility index (Phi) is 4.94. The minimum Gasteiger partial charge on any atom is -0.478 e. The lowest BCUT2D eigenvalue weighted by Crippen LogP contribution is -2.01. The third kappa shape index (κ3) is 3.70. The average Bonchev–Trinajstić information content (AvgIpc) is 2.59. The molecule has 0 heterocycles. The van der Waals surface area contributed by atoms with Crippen LogP contribution in [-0.2, 0) is 6.42 Å². The summed E-state index contributed by atoms with van der Waals surface area (Å²) >= 11 is 0. The molecule has 1 N–H and O–H groups in total. The van der Waals surface area contributed by atoms with Gasteiger partial charge in [-0.25, -0.2) is 4.79 Å². The van der Waals surface area contributed by atoms with Crippen LogP contribution in [-0.4, -0.2) is 11.1 Å². The first kappa shape index (κ1) is 17.9. The van der Waals surface area contributed by atoms with E-state index >= 15 is 0 Å². The number of benzene rings is 3. The van der Waals surface area contributed by atoms with E-state index in [0.717, 1.165) is 23.1 Å². The second-order valence-corrected chi connectivity index (χ2v) is 7.10. The quantitative estimate of drug-likeness (QED) is 0.642. The lowest BCUT2D eigenvalue weighted by molar-refractivity contribution is 0.0696. The van der Waals surface area contributed by atoms with E-state index < -0.39 is 5.97 Å². The van der Waals surface area contributed by atoms with E-state index in [9.17, 15) is 9.90 Å². The Morgan fingerprint density at radius 2 is 1.35 bits per heavy atom. The number of hydrogen-bond acceptors (Lipinski definition) is 1. The lowest BCUT2D eigenvalue weighted by Gasteiger charge is -2.15. The van der Waals surface area contributed by atoms with Crippen molar-refractivity contribution < 1.29 is 9.90 Å². The van der Waals surface area contributed by atoms with E-state index in [1.165, 1.54) is 27.8 Å². The number of rotatable bonds is 4. The maximum Gasteiger partial charge on any atom is 0.335 e. The van der Waals surface area contributed by atoms with Gasteiger partial charge in [0.1, 0.15) is 0 Å². The van der Waals surface area contributed by atoms with Crippen molar-refractivity contribution in [1.82, 2.24) is 0 Å². The smallest absolute Gasteiger partial charge is 0.335 e. The Hall–Kier alpha value is -2.87. The summed E-state index contributed by atoms with van der Waals surface area (Å²) in [5.41, 5.74) is 9.68. The molecular formula is C24H24O2. The Labute approximate surface area is 155 Å². The van der Waals surface area contributed by atoms with Crippen LogP contribution in [0, 0.1) is 27.7 Å². The van der Waals surface area contributed by atoms with Crippen LogP contribution in [0.15, 0.2) is 54.6 Å². The Morgan fingerprint density at radius 1 is 0.769 bits per heavy atom. The molecule has 0 aromatic heterocycles. The second kappa shape index (κ2) is 7.17. The van der Waals surface area contributed by atoms with Crippen LogP contribution in [0.4, 0.5) is 0 Å². The SMILES string of the molecule is Cc1ccc(Cc2ccc(C)c(-c3c(C)cc(C(=O)O)cc3C)c2)cc1. The van der Waals surface area contributed by atoms with Crippen LogP contribution in [0.5, 0.6) is 0 Å². The van der Waals surface area contributed by atoms with Crippen molar-refractivity contribution in [2.24, 2.45) is 0 Å². The van der Waals surface area contributed by atoms with Gasteiger partial charge in [-0.15, -0.1) is 0 Å². The minimum absolute atomic E-state index is 0.345. The van der Waals surface area contributed by atoms with E-state index in [1.54, 1.807) is 12.1 Å². The van der Waals surface area contributed by atoms with E-state index in [0.29, 0.717) is 5.56 Å². The first-order chi connectivity index (χ1) is 12.3. The molecule has 0 unspecified atom stereocenters. The number of carbonyl (C=O) groups is 1. The minimum atomic E-state index is -0.882. The van der Waals surface area contributed by atoms with Gasteiger partial charge in [-0.2, -0.15) is 0 Å². The first-order valence-electron chi connectivity index (χ1n) is 8.85. The van der Waals surface area contributed by atoms with Crippen molar-refractivity contribution in [3.05, 3.63) is 93.5 Å². The van der Waals surface area contributed by atoms with Gasteiger partial charge in [-0.1, -0.05) is 48.0 Å². The highest BCUT2D eigenvalue weighted by Gasteiger charge is 2.13.